The van der Waals surface area contributed by atoms with Crippen LogP contribution in [0.15, 0.2) is 6.20 Å². The predicted molar refractivity (Wildman–Crippen MR) is 62.7 cm³/mol. The molecule has 0 aliphatic heterocycles. The Morgan fingerprint density at radius 2 is 2.31 bits per heavy atom. The monoisotopic (exact) mass is 215 g/mol. The minimum Gasteiger partial charge on any atom is -0.249 e. The molecule has 0 radical (unpaired) electrons. The Balaban J connectivity index is 2.40. The average Bonchev–Trinajstić information content (AvgIpc) is 2.53. The number of hydrogen-bond acceptors (Lipinski definition) is 3. The van der Waals surface area contributed by atoms with Crippen molar-refractivity contribution in [1.29, 1.82) is 0 Å². The van der Waals surface area contributed by atoms with Crippen molar-refractivity contribution < 1.29 is 0 Å². The average molecular weight is 215 g/mol. The van der Waals surface area contributed by atoms with Crippen LogP contribution in [0, 0.1) is 0 Å². The van der Waals surface area contributed by atoms with Gasteiger partial charge >= 0.3 is 0 Å². The third-order valence-electron chi connectivity index (χ3n) is 1.71. The second kappa shape index (κ2) is 5.66. The first-order valence-corrected chi connectivity index (χ1v) is 6.73. The van der Waals surface area contributed by atoms with Gasteiger partial charge in [0.05, 0.1) is 0 Å². The molecule has 0 N–H and O–H groups in total. The SMILES string of the molecule is CCCSCc1ncc(C(C)C)s1. The van der Waals surface area contributed by atoms with Crippen molar-refractivity contribution in [3.8, 4) is 0 Å². The molecule has 0 saturated heterocycles. The fraction of sp³-hybridized carbons (Fsp3) is 0.700. The highest BCUT2D eigenvalue weighted by molar-refractivity contribution is 7.98. The zero-order valence-electron chi connectivity index (χ0n) is 8.54. The van der Waals surface area contributed by atoms with Crippen LogP contribution in [-0.4, -0.2) is 10.7 Å². The van der Waals surface area contributed by atoms with E-state index in [1.165, 1.54) is 22.1 Å². The molecule has 13 heavy (non-hydrogen) atoms. The van der Waals surface area contributed by atoms with Crippen LogP contribution in [0.25, 0.3) is 0 Å². The van der Waals surface area contributed by atoms with Gasteiger partial charge in [-0.1, -0.05) is 20.8 Å². The van der Waals surface area contributed by atoms with Gasteiger partial charge in [0.15, 0.2) is 0 Å². The van der Waals surface area contributed by atoms with Gasteiger partial charge in [0, 0.05) is 16.8 Å². The Labute approximate surface area is 89.0 Å². The van der Waals surface area contributed by atoms with Crippen LogP contribution in [0.5, 0.6) is 0 Å². The summed E-state index contributed by atoms with van der Waals surface area (Å²) in [5, 5.41) is 1.28. The Morgan fingerprint density at radius 1 is 1.54 bits per heavy atom. The van der Waals surface area contributed by atoms with Crippen molar-refractivity contribution >= 4 is 23.1 Å². The van der Waals surface area contributed by atoms with E-state index in [0.29, 0.717) is 5.92 Å². The molecule has 1 rings (SSSR count). The van der Waals surface area contributed by atoms with Gasteiger partial charge < -0.3 is 0 Å². The Hall–Kier alpha value is -0.0200. The van der Waals surface area contributed by atoms with E-state index in [-0.39, 0.29) is 0 Å². The lowest BCUT2D eigenvalue weighted by Gasteiger charge is -1.96. The second-order valence-corrected chi connectivity index (χ2v) is 5.62. The lowest BCUT2D eigenvalue weighted by atomic mass is 10.2. The maximum absolute atomic E-state index is 4.41. The highest BCUT2D eigenvalue weighted by Crippen LogP contribution is 2.24. The van der Waals surface area contributed by atoms with Gasteiger partial charge in [0.1, 0.15) is 5.01 Å². The summed E-state index contributed by atoms with van der Waals surface area (Å²) in [4.78, 5) is 5.82. The fourth-order valence-corrected chi connectivity index (χ4v) is 2.85. The summed E-state index contributed by atoms with van der Waals surface area (Å²) < 4.78 is 0. The molecule has 0 aliphatic carbocycles. The predicted octanol–water partition coefficient (Wildman–Crippen LogP) is 3.91. The van der Waals surface area contributed by atoms with Crippen LogP contribution in [0.3, 0.4) is 0 Å². The topological polar surface area (TPSA) is 12.9 Å². The molecule has 0 fully saturated rings. The van der Waals surface area contributed by atoms with Crippen LogP contribution in [-0.2, 0) is 5.75 Å². The van der Waals surface area contributed by atoms with Gasteiger partial charge in [-0.3, -0.25) is 0 Å². The molecule has 0 saturated carbocycles. The van der Waals surface area contributed by atoms with Crippen molar-refractivity contribution in [1.82, 2.24) is 4.98 Å². The van der Waals surface area contributed by atoms with Crippen molar-refractivity contribution in [3.05, 3.63) is 16.1 Å². The van der Waals surface area contributed by atoms with Gasteiger partial charge in [0.25, 0.3) is 0 Å². The summed E-state index contributed by atoms with van der Waals surface area (Å²) in [5.41, 5.74) is 0. The lowest BCUT2D eigenvalue weighted by Crippen LogP contribution is -1.79. The number of aromatic nitrogens is 1. The maximum Gasteiger partial charge on any atom is 0.103 e. The molecule has 0 atom stereocenters. The van der Waals surface area contributed by atoms with Gasteiger partial charge in [0.2, 0.25) is 0 Å². The smallest absolute Gasteiger partial charge is 0.103 e. The number of rotatable bonds is 5. The fourth-order valence-electron chi connectivity index (χ4n) is 0.962. The first-order valence-electron chi connectivity index (χ1n) is 4.76. The Kier molecular flexibility index (Phi) is 4.81. The van der Waals surface area contributed by atoms with Crippen molar-refractivity contribution in [2.45, 2.75) is 38.9 Å². The minimum absolute atomic E-state index is 0.627. The summed E-state index contributed by atoms with van der Waals surface area (Å²) in [6, 6.07) is 0. The van der Waals surface area contributed by atoms with E-state index in [2.05, 4.69) is 25.8 Å². The molecule has 0 spiro atoms. The summed E-state index contributed by atoms with van der Waals surface area (Å²) >= 11 is 3.84. The second-order valence-electron chi connectivity index (χ2n) is 3.36. The quantitative estimate of drug-likeness (QED) is 0.691. The minimum atomic E-state index is 0.627. The summed E-state index contributed by atoms with van der Waals surface area (Å²) in [6.07, 6.45) is 3.28. The van der Waals surface area contributed by atoms with Gasteiger partial charge in [-0.15, -0.1) is 11.3 Å². The highest BCUT2D eigenvalue weighted by atomic mass is 32.2. The van der Waals surface area contributed by atoms with Gasteiger partial charge in [-0.05, 0) is 18.1 Å². The Morgan fingerprint density at radius 3 is 2.85 bits per heavy atom. The van der Waals surface area contributed by atoms with Crippen LogP contribution in [0.4, 0.5) is 0 Å². The zero-order valence-corrected chi connectivity index (χ0v) is 10.2. The number of thiazole rings is 1. The van der Waals surface area contributed by atoms with E-state index >= 15 is 0 Å². The number of nitrogens with zero attached hydrogens (tertiary/aromatic N) is 1. The molecule has 0 unspecified atom stereocenters. The van der Waals surface area contributed by atoms with Crippen molar-refractivity contribution in [2.75, 3.05) is 5.75 Å². The standard InChI is InChI=1S/C10H17NS2/c1-4-5-12-7-10-11-6-9(13-10)8(2)3/h6,8H,4-5,7H2,1-3H3. The number of hydrogen-bond donors (Lipinski definition) is 0. The van der Waals surface area contributed by atoms with E-state index < -0.39 is 0 Å². The molecular weight excluding hydrogens is 198 g/mol. The third-order valence-corrected chi connectivity index (χ3v) is 4.37. The molecule has 3 heteroatoms. The molecule has 0 aliphatic rings. The third kappa shape index (κ3) is 3.69. The first kappa shape index (κ1) is 11.1. The van der Waals surface area contributed by atoms with Crippen molar-refractivity contribution in [3.63, 3.8) is 0 Å². The molecule has 0 amide bonds. The molecular formula is C10H17NS2. The first-order chi connectivity index (χ1) is 6.24. The number of thioether (sulfide) groups is 1. The van der Waals surface area contributed by atoms with E-state index in [1.807, 2.05) is 29.3 Å². The summed E-state index contributed by atoms with van der Waals surface area (Å²) in [5.74, 6) is 2.96. The van der Waals surface area contributed by atoms with Gasteiger partial charge in [-0.25, -0.2) is 4.98 Å². The molecule has 1 nitrogen and oxygen atoms in total. The lowest BCUT2D eigenvalue weighted by molar-refractivity contribution is 0.885. The van der Waals surface area contributed by atoms with E-state index in [9.17, 15) is 0 Å². The molecule has 0 bridgehead atoms. The molecule has 1 heterocycles. The van der Waals surface area contributed by atoms with E-state index in [4.69, 9.17) is 0 Å². The maximum atomic E-state index is 4.41. The summed E-state index contributed by atoms with van der Waals surface area (Å²) in [7, 11) is 0. The van der Waals surface area contributed by atoms with Crippen LogP contribution < -0.4 is 0 Å². The molecule has 0 aromatic carbocycles. The summed E-state index contributed by atoms with van der Waals surface area (Å²) in [6.45, 7) is 6.65. The van der Waals surface area contributed by atoms with Crippen LogP contribution >= 0.6 is 23.1 Å². The van der Waals surface area contributed by atoms with Crippen LogP contribution in [0.1, 0.15) is 43.0 Å². The van der Waals surface area contributed by atoms with E-state index in [1.54, 1.807) is 0 Å². The van der Waals surface area contributed by atoms with Crippen molar-refractivity contribution in [2.24, 2.45) is 0 Å². The molecule has 74 valence electrons. The molecule has 1 aromatic rings. The zero-order chi connectivity index (χ0) is 9.68. The van der Waals surface area contributed by atoms with E-state index in [0.717, 1.165) is 5.75 Å². The van der Waals surface area contributed by atoms with Crippen LogP contribution in [0.2, 0.25) is 0 Å². The largest absolute Gasteiger partial charge is 0.249 e. The highest BCUT2D eigenvalue weighted by Gasteiger charge is 2.04. The Bertz CT molecular complexity index is 243. The van der Waals surface area contributed by atoms with Gasteiger partial charge in [-0.2, -0.15) is 11.8 Å². The normalized spacial score (nSPS) is 11.1. The molecule has 1 aromatic heterocycles.